The predicted octanol–water partition coefficient (Wildman–Crippen LogP) is 3.34. The van der Waals surface area contributed by atoms with E-state index in [0.717, 1.165) is 50.8 Å². The van der Waals surface area contributed by atoms with Crippen LogP contribution in [0.3, 0.4) is 0 Å². The molecule has 2 aliphatic rings. The van der Waals surface area contributed by atoms with E-state index >= 15 is 0 Å². The smallest absolute Gasteiger partial charge is 0.225 e. The Morgan fingerprint density at radius 3 is 2.74 bits per heavy atom. The van der Waals surface area contributed by atoms with E-state index in [1.807, 2.05) is 0 Å². The van der Waals surface area contributed by atoms with Crippen LogP contribution in [0.15, 0.2) is 24.3 Å². The fourth-order valence-corrected chi connectivity index (χ4v) is 3.67. The van der Waals surface area contributed by atoms with Crippen molar-refractivity contribution in [1.82, 2.24) is 9.97 Å². The Labute approximate surface area is 137 Å². The summed E-state index contributed by atoms with van der Waals surface area (Å²) in [6, 6.07) is 8.71. The Balaban J connectivity index is 1.85. The van der Waals surface area contributed by atoms with Crippen LogP contribution in [0, 0.1) is 6.92 Å². The summed E-state index contributed by atoms with van der Waals surface area (Å²) in [6.45, 7) is 7.70. The first kappa shape index (κ1) is 14.6. The second-order valence-electron chi connectivity index (χ2n) is 6.57. The highest BCUT2D eigenvalue weighted by Gasteiger charge is 2.25. The van der Waals surface area contributed by atoms with Crippen LogP contribution in [0.1, 0.15) is 36.2 Å². The van der Waals surface area contributed by atoms with Crippen molar-refractivity contribution < 1.29 is 4.74 Å². The molecular formula is C19H23N3O. The first-order valence-electron chi connectivity index (χ1n) is 8.53. The number of morpholine rings is 1. The lowest BCUT2D eigenvalue weighted by Crippen LogP contribution is -2.37. The third kappa shape index (κ3) is 2.61. The van der Waals surface area contributed by atoms with Gasteiger partial charge in [0.2, 0.25) is 5.95 Å². The van der Waals surface area contributed by atoms with Crippen molar-refractivity contribution in [2.24, 2.45) is 0 Å². The molecule has 0 saturated carbocycles. The second kappa shape index (κ2) is 5.93. The third-order valence-corrected chi connectivity index (χ3v) is 5.00. The lowest BCUT2D eigenvalue weighted by atomic mass is 9.96. The Kier molecular flexibility index (Phi) is 3.77. The number of fused-ring (bicyclic) bond motifs is 3. The van der Waals surface area contributed by atoms with Gasteiger partial charge in [-0.25, -0.2) is 9.97 Å². The molecule has 4 rings (SSSR count). The van der Waals surface area contributed by atoms with E-state index in [9.17, 15) is 0 Å². The van der Waals surface area contributed by atoms with Gasteiger partial charge in [-0.3, -0.25) is 0 Å². The first-order valence-corrected chi connectivity index (χ1v) is 8.53. The van der Waals surface area contributed by atoms with E-state index in [2.05, 4.69) is 43.0 Å². The van der Waals surface area contributed by atoms with Crippen LogP contribution >= 0.6 is 0 Å². The van der Waals surface area contributed by atoms with Crippen molar-refractivity contribution in [3.63, 3.8) is 0 Å². The Morgan fingerprint density at radius 2 is 1.91 bits per heavy atom. The average Bonchev–Trinajstić information content (AvgIpc) is 2.74. The predicted molar refractivity (Wildman–Crippen MR) is 92.0 cm³/mol. The number of rotatable bonds is 1. The molecule has 1 unspecified atom stereocenters. The summed E-state index contributed by atoms with van der Waals surface area (Å²) < 4.78 is 5.45. The zero-order chi connectivity index (χ0) is 15.8. The van der Waals surface area contributed by atoms with Gasteiger partial charge in [-0.05, 0) is 36.8 Å². The van der Waals surface area contributed by atoms with Gasteiger partial charge in [0.15, 0.2) is 0 Å². The molecule has 4 heteroatoms. The molecule has 0 radical (unpaired) electrons. The van der Waals surface area contributed by atoms with Gasteiger partial charge in [-0.15, -0.1) is 0 Å². The molecule has 4 nitrogen and oxygen atoms in total. The van der Waals surface area contributed by atoms with Gasteiger partial charge in [-0.1, -0.05) is 31.2 Å². The van der Waals surface area contributed by atoms with Crippen molar-refractivity contribution in [2.75, 3.05) is 31.2 Å². The summed E-state index contributed by atoms with van der Waals surface area (Å²) in [5.41, 5.74) is 6.30. The lowest BCUT2D eigenvalue weighted by molar-refractivity contribution is 0.122. The lowest BCUT2D eigenvalue weighted by Gasteiger charge is -2.28. The third-order valence-electron chi connectivity index (χ3n) is 5.00. The molecule has 23 heavy (non-hydrogen) atoms. The number of hydrogen-bond acceptors (Lipinski definition) is 4. The summed E-state index contributed by atoms with van der Waals surface area (Å²) in [4.78, 5) is 12.1. The van der Waals surface area contributed by atoms with Gasteiger partial charge in [-0.2, -0.15) is 0 Å². The minimum absolute atomic E-state index is 0.457. The molecule has 1 aromatic heterocycles. The average molecular weight is 309 g/mol. The standard InChI is InChI=1S/C19H23N3O/c1-13-7-8-15-5-3-4-6-16(15)17-14(2)20-19(21-18(13)17)22-9-11-23-12-10-22/h3-6,13H,7-12H2,1-2H3. The van der Waals surface area contributed by atoms with E-state index in [0.29, 0.717) is 5.92 Å². The van der Waals surface area contributed by atoms with Crippen molar-refractivity contribution in [3.05, 3.63) is 41.2 Å². The number of aromatic nitrogens is 2. The molecule has 1 atom stereocenters. The highest BCUT2D eigenvalue weighted by Crippen LogP contribution is 2.39. The number of nitrogens with zero attached hydrogens (tertiary/aromatic N) is 3. The largest absolute Gasteiger partial charge is 0.378 e. The van der Waals surface area contributed by atoms with Gasteiger partial charge in [0, 0.05) is 18.7 Å². The molecule has 0 amide bonds. The summed E-state index contributed by atoms with van der Waals surface area (Å²) in [5.74, 6) is 1.33. The topological polar surface area (TPSA) is 38.2 Å². The molecule has 1 aliphatic carbocycles. The fourth-order valence-electron chi connectivity index (χ4n) is 3.67. The van der Waals surface area contributed by atoms with Crippen LogP contribution in [0.2, 0.25) is 0 Å². The second-order valence-corrected chi connectivity index (χ2v) is 6.57. The number of anilines is 1. The molecular weight excluding hydrogens is 286 g/mol. The van der Waals surface area contributed by atoms with E-state index < -0.39 is 0 Å². The quantitative estimate of drug-likeness (QED) is 0.810. The maximum atomic E-state index is 5.45. The van der Waals surface area contributed by atoms with Crippen LogP contribution in [-0.2, 0) is 11.2 Å². The van der Waals surface area contributed by atoms with Crippen LogP contribution in [0.4, 0.5) is 5.95 Å². The van der Waals surface area contributed by atoms with Crippen molar-refractivity contribution in [1.29, 1.82) is 0 Å². The molecule has 1 fully saturated rings. The van der Waals surface area contributed by atoms with Crippen LogP contribution < -0.4 is 4.90 Å². The van der Waals surface area contributed by atoms with Crippen molar-refractivity contribution >= 4 is 5.95 Å². The Hall–Kier alpha value is -1.94. The van der Waals surface area contributed by atoms with E-state index in [1.54, 1.807) is 0 Å². The normalized spacial score (nSPS) is 20.6. The zero-order valence-electron chi connectivity index (χ0n) is 13.9. The fraction of sp³-hybridized carbons (Fsp3) is 0.474. The van der Waals surface area contributed by atoms with Gasteiger partial charge in [0.1, 0.15) is 0 Å². The van der Waals surface area contributed by atoms with Crippen LogP contribution in [-0.4, -0.2) is 36.3 Å². The Morgan fingerprint density at radius 1 is 1.13 bits per heavy atom. The maximum absolute atomic E-state index is 5.45. The minimum Gasteiger partial charge on any atom is -0.378 e. The zero-order valence-corrected chi connectivity index (χ0v) is 13.9. The van der Waals surface area contributed by atoms with Gasteiger partial charge in [0.25, 0.3) is 0 Å². The van der Waals surface area contributed by atoms with Gasteiger partial charge >= 0.3 is 0 Å². The van der Waals surface area contributed by atoms with E-state index in [4.69, 9.17) is 14.7 Å². The molecule has 0 bridgehead atoms. The molecule has 2 aromatic rings. The summed E-state index contributed by atoms with van der Waals surface area (Å²) in [6.07, 6.45) is 2.25. The maximum Gasteiger partial charge on any atom is 0.225 e. The monoisotopic (exact) mass is 309 g/mol. The summed E-state index contributed by atoms with van der Waals surface area (Å²) >= 11 is 0. The van der Waals surface area contributed by atoms with Crippen molar-refractivity contribution in [2.45, 2.75) is 32.6 Å². The highest BCUT2D eigenvalue weighted by atomic mass is 16.5. The van der Waals surface area contributed by atoms with Crippen LogP contribution in [0.25, 0.3) is 11.1 Å². The molecule has 0 spiro atoms. The van der Waals surface area contributed by atoms with Gasteiger partial charge < -0.3 is 9.64 Å². The van der Waals surface area contributed by atoms with E-state index in [1.165, 1.54) is 22.4 Å². The molecule has 0 N–H and O–H groups in total. The molecule has 120 valence electrons. The highest BCUT2D eigenvalue weighted by molar-refractivity contribution is 5.73. The number of hydrogen-bond donors (Lipinski definition) is 0. The Bertz CT molecular complexity index is 723. The summed E-state index contributed by atoms with van der Waals surface area (Å²) in [5, 5.41) is 0. The minimum atomic E-state index is 0.457. The number of benzene rings is 1. The SMILES string of the molecule is Cc1nc(N2CCOCC2)nc2c1-c1ccccc1CCC2C. The van der Waals surface area contributed by atoms with E-state index in [-0.39, 0.29) is 0 Å². The molecule has 2 heterocycles. The van der Waals surface area contributed by atoms with Gasteiger partial charge in [0.05, 0.1) is 24.6 Å². The van der Waals surface area contributed by atoms with Crippen molar-refractivity contribution in [3.8, 4) is 11.1 Å². The van der Waals surface area contributed by atoms with Crippen LogP contribution in [0.5, 0.6) is 0 Å². The number of aryl methyl sites for hydroxylation is 2. The summed E-state index contributed by atoms with van der Waals surface area (Å²) in [7, 11) is 0. The number of ether oxygens (including phenoxy) is 1. The molecule has 1 aliphatic heterocycles. The first-order chi connectivity index (χ1) is 11.2. The molecule has 1 aromatic carbocycles. The molecule has 1 saturated heterocycles.